The van der Waals surface area contributed by atoms with Gasteiger partial charge in [-0.05, 0) is 56.5 Å². The molecule has 0 aliphatic carbocycles. The molecule has 2 aliphatic rings. The van der Waals surface area contributed by atoms with Crippen LogP contribution < -0.4 is 5.01 Å². The number of benzene rings is 1. The molecule has 0 bridgehead atoms. The Hall–Kier alpha value is -3.32. The lowest BCUT2D eigenvalue weighted by Crippen LogP contribution is -2.62. The van der Waals surface area contributed by atoms with Crippen LogP contribution in [0.15, 0.2) is 53.8 Å². The molecule has 0 spiro atoms. The molecule has 0 fully saturated rings. The minimum Gasteiger partial charge on any atom is -0.444 e. The molecular weight excluding hydrogens is 578 g/mol. The summed E-state index contributed by atoms with van der Waals surface area (Å²) in [6.07, 6.45) is -9.90. The first-order valence-corrected chi connectivity index (χ1v) is 12.9. The van der Waals surface area contributed by atoms with Crippen LogP contribution in [0.4, 0.5) is 36.8 Å². The Morgan fingerprint density at radius 2 is 1.71 bits per heavy atom. The summed E-state index contributed by atoms with van der Waals surface area (Å²) in [5.74, 6) is 0. The summed E-state index contributed by atoms with van der Waals surface area (Å²) in [5, 5.41) is 14.6. The Balaban J connectivity index is 1.63. The number of nitrogens with zero attached hydrogens (tertiary/aromatic N) is 4. The molecule has 0 radical (unpaired) electrons. The Bertz CT molecular complexity index is 1340. The highest BCUT2D eigenvalue weighted by Gasteiger charge is 2.74. The van der Waals surface area contributed by atoms with E-state index in [1.165, 1.54) is 35.4 Å². The minimum absolute atomic E-state index is 0.0385. The maximum atomic E-state index is 13.7. The van der Waals surface area contributed by atoms with Gasteiger partial charge in [-0.25, -0.2) is 4.79 Å². The molecule has 4 rings (SSSR count). The number of halogens is 7. The average molecular weight is 605 g/mol. The Kier molecular flexibility index (Phi) is 8.09. The third kappa shape index (κ3) is 6.15. The predicted octanol–water partition coefficient (Wildman–Crippen LogP) is 6.92. The zero-order valence-corrected chi connectivity index (χ0v) is 23.0. The first-order chi connectivity index (χ1) is 18.9. The van der Waals surface area contributed by atoms with Crippen LogP contribution in [0.5, 0.6) is 0 Å². The number of alkyl halides is 6. The topological polar surface area (TPSA) is 78.3 Å². The lowest BCUT2D eigenvalue weighted by atomic mass is 9.90. The second-order valence-corrected chi connectivity index (χ2v) is 11.1. The molecule has 41 heavy (non-hydrogen) atoms. The molecular formula is C27H27ClF6N4O3. The van der Waals surface area contributed by atoms with Gasteiger partial charge >= 0.3 is 18.4 Å². The largest absolute Gasteiger partial charge is 0.444 e. The van der Waals surface area contributed by atoms with Crippen LogP contribution in [0.3, 0.4) is 0 Å². The Morgan fingerprint density at radius 1 is 1.05 bits per heavy atom. The zero-order valence-electron chi connectivity index (χ0n) is 22.2. The third-order valence-corrected chi connectivity index (χ3v) is 6.93. The Labute approximate surface area is 237 Å². The molecule has 0 saturated heterocycles. The summed E-state index contributed by atoms with van der Waals surface area (Å²) in [4.78, 5) is 18.2. The molecule has 222 valence electrons. The van der Waals surface area contributed by atoms with E-state index in [0.717, 1.165) is 10.6 Å². The van der Waals surface area contributed by atoms with E-state index in [0.29, 0.717) is 18.7 Å². The number of ether oxygens (including phenoxy) is 1. The van der Waals surface area contributed by atoms with Crippen molar-refractivity contribution >= 4 is 34.7 Å². The summed E-state index contributed by atoms with van der Waals surface area (Å²) in [6, 6.07) is 7.80. The van der Waals surface area contributed by atoms with Crippen LogP contribution in [0.1, 0.15) is 50.9 Å². The van der Waals surface area contributed by atoms with Gasteiger partial charge in [0.1, 0.15) is 5.60 Å². The van der Waals surface area contributed by atoms with Crippen molar-refractivity contribution in [3.63, 3.8) is 0 Å². The first-order valence-electron chi connectivity index (χ1n) is 12.5. The van der Waals surface area contributed by atoms with Crippen LogP contribution in [0, 0.1) is 0 Å². The highest BCUT2D eigenvalue weighted by Crippen LogP contribution is 2.49. The molecule has 7 nitrogen and oxygen atoms in total. The number of pyridine rings is 1. The van der Waals surface area contributed by atoms with Crippen molar-refractivity contribution in [1.82, 2.24) is 9.88 Å². The van der Waals surface area contributed by atoms with E-state index in [4.69, 9.17) is 16.3 Å². The third-order valence-electron chi connectivity index (χ3n) is 6.61. The van der Waals surface area contributed by atoms with Gasteiger partial charge in [-0.3, -0.25) is 9.99 Å². The van der Waals surface area contributed by atoms with Crippen LogP contribution in [-0.4, -0.2) is 63.4 Å². The number of hydrazone groups is 1. The molecule has 14 heteroatoms. The van der Waals surface area contributed by atoms with Gasteiger partial charge in [-0.2, -0.15) is 31.4 Å². The number of hydrogen-bond acceptors (Lipinski definition) is 6. The molecule has 1 atom stereocenters. The number of anilines is 1. The van der Waals surface area contributed by atoms with E-state index in [2.05, 4.69) is 10.1 Å². The lowest BCUT2D eigenvalue weighted by molar-refractivity contribution is -0.338. The number of carbonyl (C=O) groups is 1. The maximum Gasteiger partial charge on any atom is 0.431 e. The smallest absolute Gasteiger partial charge is 0.431 e. The average Bonchev–Trinajstić information content (AvgIpc) is 3.32. The van der Waals surface area contributed by atoms with Gasteiger partial charge in [0.25, 0.3) is 5.60 Å². The first kappa shape index (κ1) is 30.6. The predicted molar refractivity (Wildman–Crippen MR) is 140 cm³/mol. The van der Waals surface area contributed by atoms with Gasteiger partial charge in [-0.1, -0.05) is 35.9 Å². The second-order valence-electron chi connectivity index (χ2n) is 10.7. The van der Waals surface area contributed by atoms with Gasteiger partial charge in [0, 0.05) is 25.7 Å². The molecule has 2 aliphatic heterocycles. The quantitative estimate of drug-likeness (QED) is 0.383. The number of amides is 1. The van der Waals surface area contributed by atoms with E-state index >= 15 is 0 Å². The van der Waals surface area contributed by atoms with Crippen molar-refractivity contribution in [2.45, 2.75) is 63.2 Å². The molecule has 1 aromatic heterocycles. The van der Waals surface area contributed by atoms with Crippen molar-refractivity contribution in [3.8, 4) is 0 Å². The van der Waals surface area contributed by atoms with Gasteiger partial charge in [0.2, 0.25) is 0 Å². The highest BCUT2D eigenvalue weighted by molar-refractivity contribution is 6.33. The summed E-state index contributed by atoms with van der Waals surface area (Å²) in [5.41, 5.74) is -5.66. The molecule has 1 unspecified atom stereocenters. The van der Waals surface area contributed by atoms with Crippen LogP contribution in [0.25, 0.3) is 5.57 Å². The normalized spacial score (nSPS) is 18.8. The molecule has 1 amide bonds. The van der Waals surface area contributed by atoms with Gasteiger partial charge in [0.15, 0.2) is 0 Å². The standard InChI is InChI=1S/C27H27ClF6N4O3/c1-24(2,3)41-23(39)37-12-10-16(11-13-37)19-9-8-17(15-35-19)21-14-22(25(40,26(29,30)31)27(32,33)34)36-38(21)20-7-5-4-6-18(20)28/h4-10,15,21,40H,11-14H2,1-3H3. The minimum atomic E-state index is -6.08. The summed E-state index contributed by atoms with van der Waals surface area (Å²) < 4.78 is 87.3. The van der Waals surface area contributed by atoms with Crippen molar-refractivity contribution in [2.24, 2.45) is 5.10 Å². The van der Waals surface area contributed by atoms with Crippen molar-refractivity contribution in [1.29, 1.82) is 0 Å². The number of aromatic nitrogens is 1. The fourth-order valence-electron chi connectivity index (χ4n) is 4.52. The van der Waals surface area contributed by atoms with Gasteiger partial charge < -0.3 is 14.7 Å². The maximum absolute atomic E-state index is 13.7. The SMILES string of the molecule is CC(C)(C)OC(=O)N1CC=C(c2ccc(C3CC(C(O)(C(F)(F)F)C(F)(F)F)=NN3c3ccccc3Cl)cn2)CC1. The van der Waals surface area contributed by atoms with Gasteiger partial charge in [-0.15, -0.1) is 0 Å². The summed E-state index contributed by atoms with van der Waals surface area (Å²) in [6.45, 7) is 5.94. The zero-order chi connectivity index (χ0) is 30.4. The fourth-order valence-corrected chi connectivity index (χ4v) is 4.75. The van der Waals surface area contributed by atoms with E-state index in [1.54, 1.807) is 39.0 Å². The highest BCUT2D eigenvalue weighted by atomic mass is 35.5. The van der Waals surface area contributed by atoms with E-state index in [-0.39, 0.29) is 22.8 Å². The number of hydrogen-bond donors (Lipinski definition) is 1. The Morgan fingerprint density at radius 3 is 2.22 bits per heavy atom. The lowest BCUT2D eigenvalue weighted by Gasteiger charge is -2.32. The van der Waals surface area contributed by atoms with Crippen molar-refractivity contribution in [3.05, 3.63) is 65.0 Å². The fraction of sp³-hybridized carbons (Fsp3) is 0.444. The number of aliphatic hydroxyl groups is 1. The van der Waals surface area contributed by atoms with E-state index < -0.39 is 47.8 Å². The second kappa shape index (κ2) is 10.8. The number of carbonyl (C=O) groups excluding carboxylic acids is 1. The van der Waals surface area contributed by atoms with Crippen LogP contribution in [-0.2, 0) is 4.74 Å². The molecule has 0 saturated carbocycles. The van der Waals surface area contributed by atoms with Gasteiger partial charge in [0.05, 0.1) is 28.2 Å². The number of rotatable bonds is 4. The molecule has 1 aromatic carbocycles. The summed E-state index contributed by atoms with van der Waals surface area (Å²) >= 11 is 6.22. The molecule has 1 N–H and O–H groups in total. The van der Waals surface area contributed by atoms with E-state index in [9.17, 15) is 36.2 Å². The van der Waals surface area contributed by atoms with Crippen LogP contribution in [0.2, 0.25) is 5.02 Å². The monoisotopic (exact) mass is 604 g/mol. The number of para-hydroxylation sites is 1. The summed E-state index contributed by atoms with van der Waals surface area (Å²) in [7, 11) is 0. The van der Waals surface area contributed by atoms with E-state index in [1.807, 2.05) is 0 Å². The van der Waals surface area contributed by atoms with Crippen molar-refractivity contribution < 1.29 is 41.0 Å². The van der Waals surface area contributed by atoms with Crippen LogP contribution >= 0.6 is 11.6 Å². The van der Waals surface area contributed by atoms with Crippen molar-refractivity contribution in [2.75, 3.05) is 18.1 Å². The molecule has 3 heterocycles. The molecule has 2 aromatic rings.